The molecule has 2 heterocycles. The van der Waals surface area contributed by atoms with Crippen LogP contribution in [0.5, 0.6) is 0 Å². The zero-order chi connectivity index (χ0) is 17.9. The predicted molar refractivity (Wildman–Crippen MR) is 105 cm³/mol. The maximum atomic E-state index is 12.7. The Hall–Kier alpha value is -2.64. The van der Waals surface area contributed by atoms with Crippen LogP contribution in [0.25, 0.3) is 22.7 Å². The average Bonchev–Trinajstić information content (AvgIpc) is 3.12. The third-order valence-corrected chi connectivity index (χ3v) is 5.65. The third kappa shape index (κ3) is 3.36. The predicted octanol–water partition coefficient (Wildman–Crippen LogP) is 4.75. The molecule has 1 unspecified atom stereocenters. The number of hydrogen-bond acceptors (Lipinski definition) is 5. The van der Waals surface area contributed by atoms with E-state index < -0.39 is 11.0 Å². The highest BCUT2D eigenvalue weighted by atomic mass is 32.2. The fraction of sp³-hybridized carbons (Fsp3) is 0.0526. The lowest BCUT2D eigenvalue weighted by Gasteiger charge is -2.09. The lowest BCUT2D eigenvalue weighted by molar-refractivity contribution is 0.620. The second-order valence-electron chi connectivity index (χ2n) is 5.44. The van der Waals surface area contributed by atoms with Crippen molar-refractivity contribution in [2.45, 2.75) is 9.79 Å². The van der Waals surface area contributed by atoms with E-state index in [0.29, 0.717) is 27.7 Å². The summed E-state index contributed by atoms with van der Waals surface area (Å²) in [5.41, 5.74) is 2.59. The van der Waals surface area contributed by atoms with Crippen molar-refractivity contribution >= 4 is 39.7 Å². The van der Waals surface area contributed by atoms with Gasteiger partial charge in [0.15, 0.2) is 11.2 Å². The first kappa shape index (κ1) is 16.8. The highest BCUT2D eigenvalue weighted by Crippen LogP contribution is 2.30. The van der Waals surface area contributed by atoms with Crippen LogP contribution in [0.3, 0.4) is 0 Å². The van der Waals surface area contributed by atoms with Gasteiger partial charge in [-0.2, -0.15) is 4.98 Å². The Morgan fingerprint density at radius 3 is 2.62 bits per heavy atom. The monoisotopic (exact) mass is 381 g/mol. The van der Waals surface area contributed by atoms with E-state index in [1.54, 1.807) is 24.0 Å². The van der Waals surface area contributed by atoms with Gasteiger partial charge < -0.3 is 9.14 Å². The number of oxazole rings is 1. The Morgan fingerprint density at radius 2 is 1.85 bits per heavy atom. The zero-order valence-electron chi connectivity index (χ0n) is 13.9. The molecule has 1 atom stereocenters. The number of nitrogens with zero attached hydrogens (tertiary/aromatic N) is 2. The van der Waals surface area contributed by atoms with E-state index in [-0.39, 0.29) is 0 Å². The molecule has 0 aliphatic heterocycles. The summed E-state index contributed by atoms with van der Waals surface area (Å²) in [5, 5.41) is 0. The van der Waals surface area contributed by atoms with Gasteiger partial charge in [0.25, 0.3) is 0 Å². The molecule has 2 aromatic heterocycles. The number of pyridine rings is 1. The Morgan fingerprint density at radius 1 is 1.04 bits per heavy atom. The maximum Gasteiger partial charge on any atom is 0.231 e. The molecule has 4 aromatic rings. The maximum absolute atomic E-state index is 12.7. The molecule has 0 saturated heterocycles. The smallest absolute Gasteiger partial charge is 0.231 e. The van der Waals surface area contributed by atoms with Crippen molar-refractivity contribution in [3.8, 4) is 11.5 Å². The van der Waals surface area contributed by atoms with Gasteiger partial charge in [0.1, 0.15) is 11.0 Å². The molecule has 0 amide bonds. The summed E-state index contributed by atoms with van der Waals surface area (Å²) in [6, 6.07) is 18.7. The van der Waals surface area contributed by atoms with Crippen molar-refractivity contribution in [2.24, 2.45) is 0 Å². The van der Waals surface area contributed by atoms with Crippen LogP contribution in [0.4, 0.5) is 5.69 Å². The average molecular weight is 381 g/mol. The van der Waals surface area contributed by atoms with Crippen molar-refractivity contribution in [1.82, 2.24) is 9.97 Å². The lowest BCUT2D eigenvalue weighted by atomic mass is 10.2. The number of thioether (sulfide) groups is 1. The summed E-state index contributed by atoms with van der Waals surface area (Å²) < 4.78 is 21.5. The number of para-hydroxylation sites is 1. The molecular formula is C19H15N3O2S2. The molecule has 1 N–H and O–H groups in total. The minimum Gasteiger partial charge on any atom is -0.434 e. The van der Waals surface area contributed by atoms with Crippen LogP contribution in [-0.4, -0.2) is 20.4 Å². The Labute approximate surface area is 157 Å². The quantitative estimate of drug-likeness (QED) is 0.506. The number of nitrogens with one attached hydrogen (secondary N) is 1. The zero-order valence-corrected chi connectivity index (χ0v) is 15.5. The molecule has 7 heteroatoms. The number of rotatable bonds is 5. The van der Waals surface area contributed by atoms with Crippen LogP contribution in [-0.2, 0) is 11.0 Å². The van der Waals surface area contributed by atoms with Gasteiger partial charge in [0.2, 0.25) is 5.89 Å². The molecule has 130 valence electrons. The van der Waals surface area contributed by atoms with Crippen LogP contribution in [0.15, 0.2) is 81.1 Å². The standard InChI is InChI=1S/C19H15N3O2S2/c1-25-13-8-10-14(11-9-13)26(23)22-16-6-3-2-5-15(16)19-21-18-17(24-19)7-4-12-20-18/h2-12,22H,1H3. The van der Waals surface area contributed by atoms with Crippen LogP contribution in [0.1, 0.15) is 0 Å². The summed E-state index contributed by atoms with van der Waals surface area (Å²) in [5.74, 6) is 0.441. The topological polar surface area (TPSA) is 68.0 Å². The van der Waals surface area contributed by atoms with Gasteiger partial charge in [-0.25, -0.2) is 9.19 Å². The molecule has 4 rings (SSSR count). The fourth-order valence-electron chi connectivity index (χ4n) is 2.50. The molecule has 5 nitrogen and oxygen atoms in total. The van der Waals surface area contributed by atoms with Gasteiger partial charge in [-0.3, -0.25) is 0 Å². The fourth-order valence-corrected chi connectivity index (χ4v) is 3.79. The largest absolute Gasteiger partial charge is 0.434 e. The summed E-state index contributed by atoms with van der Waals surface area (Å²) in [7, 11) is -1.39. The SMILES string of the molecule is CSc1ccc(S(=O)Nc2ccccc2-c2nc3ncccc3o2)cc1. The minimum atomic E-state index is -1.39. The molecule has 0 saturated carbocycles. The van der Waals surface area contributed by atoms with Crippen molar-refractivity contribution < 1.29 is 8.63 Å². The second kappa shape index (κ2) is 7.31. The number of aromatic nitrogens is 2. The molecule has 0 radical (unpaired) electrons. The summed E-state index contributed by atoms with van der Waals surface area (Å²) in [6.07, 6.45) is 3.68. The molecule has 0 aliphatic rings. The first-order chi connectivity index (χ1) is 12.7. The highest BCUT2D eigenvalue weighted by molar-refractivity contribution is 7.98. The number of benzene rings is 2. The Kier molecular flexibility index (Phi) is 4.73. The molecule has 0 aliphatic carbocycles. The van der Waals surface area contributed by atoms with E-state index in [2.05, 4.69) is 14.7 Å². The highest BCUT2D eigenvalue weighted by Gasteiger charge is 2.14. The summed E-state index contributed by atoms with van der Waals surface area (Å²) >= 11 is 1.65. The number of fused-ring (bicyclic) bond motifs is 1. The van der Waals surface area contributed by atoms with E-state index in [0.717, 1.165) is 10.5 Å². The number of hydrogen-bond donors (Lipinski definition) is 1. The van der Waals surface area contributed by atoms with Crippen molar-refractivity contribution in [1.29, 1.82) is 0 Å². The van der Waals surface area contributed by atoms with Crippen LogP contribution < -0.4 is 4.72 Å². The normalized spacial score (nSPS) is 12.2. The van der Waals surface area contributed by atoms with E-state index >= 15 is 0 Å². The third-order valence-electron chi connectivity index (χ3n) is 3.80. The van der Waals surface area contributed by atoms with Gasteiger partial charge in [0.05, 0.1) is 16.1 Å². The van der Waals surface area contributed by atoms with E-state index in [9.17, 15) is 4.21 Å². The van der Waals surface area contributed by atoms with Gasteiger partial charge in [0, 0.05) is 11.1 Å². The summed E-state index contributed by atoms with van der Waals surface area (Å²) in [6.45, 7) is 0. The molecular weight excluding hydrogens is 366 g/mol. The summed E-state index contributed by atoms with van der Waals surface area (Å²) in [4.78, 5) is 10.5. The van der Waals surface area contributed by atoms with Gasteiger partial charge in [-0.05, 0) is 54.8 Å². The Balaban J connectivity index is 1.66. The van der Waals surface area contributed by atoms with E-state index in [4.69, 9.17) is 4.42 Å². The molecule has 26 heavy (non-hydrogen) atoms. The number of anilines is 1. The minimum absolute atomic E-state index is 0.441. The Bertz CT molecular complexity index is 1040. The van der Waals surface area contributed by atoms with Crippen LogP contribution >= 0.6 is 11.8 Å². The van der Waals surface area contributed by atoms with Crippen LogP contribution in [0, 0.1) is 0 Å². The molecule has 0 spiro atoms. The first-order valence-electron chi connectivity index (χ1n) is 7.88. The van der Waals surface area contributed by atoms with Crippen LogP contribution in [0.2, 0.25) is 0 Å². The lowest BCUT2D eigenvalue weighted by Crippen LogP contribution is -2.05. The van der Waals surface area contributed by atoms with Gasteiger partial charge in [-0.1, -0.05) is 12.1 Å². The van der Waals surface area contributed by atoms with Gasteiger partial charge in [-0.15, -0.1) is 11.8 Å². The molecule has 0 bridgehead atoms. The van der Waals surface area contributed by atoms with Gasteiger partial charge >= 0.3 is 0 Å². The second-order valence-corrected chi connectivity index (χ2v) is 7.53. The van der Waals surface area contributed by atoms with Crippen molar-refractivity contribution in [3.63, 3.8) is 0 Å². The van der Waals surface area contributed by atoms with Crippen molar-refractivity contribution in [2.75, 3.05) is 11.0 Å². The molecule has 2 aromatic carbocycles. The van der Waals surface area contributed by atoms with E-state index in [1.807, 2.05) is 60.9 Å². The van der Waals surface area contributed by atoms with Crippen molar-refractivity contribution in [3.05, 3.63) is 66.9 Å². The first-order valence-corrected chi connectivity index (χ1v) is 10.3. The van der Waals surface area contributed by atoms with E-state index in [1.165, 1.54) is 0 Å². The molecule has 0 fully saturated rings.